The van der Waals surface area contributed by atoms with Gasteiger partial charge in [0.15, 0.2) is 0 Å². The van der Waals surface area contributed by atoms with Crippen molar-refractivity contribution < 1.29 is 4.79 Å². The van der Waals surface area contributed by atoms with Crippen LogP contribution in [0.25, 0.3) is 10.9 Å². The SMILES string of the molecule is CCCCCc1cc2cc(C)ccc2nc1C(=O)c1ccccc1. The van der Waals surface area contributed by atoms with E-state index in [1.807, 2.05) is 42.5 Å². The molecule has 2 nitrogen and oxygen atoms in total. The van der Waals surface area contributed by atoms with Crippen LogP contribution in [0.5, 0.6) is 0 Å². The number of unbranched alkanes of at least 4 members (excludes halogenated alkanes) is 2. The number of nitrogens with zero attached hydrogens (tertiary/aromatic N) is 1. The quantitative estimate of drug-likeness (QED) is 0.443. The summed E-state index contributed by atoms with van der Waals surface area (Å²) in [6.07, 6.45) is 4.33. The van der Waals surface area contributed by atoms with Gasteiger partial charge in [0, 0.05) is 10.9 Å². The van der Waals surface area contributed by atoms with E-state index in [1.54, 1.807) is 0 Å². The van der Waals surface area contributed by atoms with E-state index in [1.165, 1.54) is 18.4 Å². The summed E-state index contributed by atoms with van der Waals surface area (Å²) >= 11 is 0. The van der Waals surface area contributed by atoms with Crippen molar-refractivity contribution in [2.75, 3.05) is 0 Å². The highest BCUT2D eigenvalue weighted by atomic mass is 16.1. The number of fused-ring (bicyclic) bond motifs is 1. The van der Waals surface area contributed by atoms with Crippen LogP contribution < -0.4 is 0 Å². The number of ketones is 1. The molecule has 1 aromatic heterocycles. The minimum Gasteiger partial charge on any atom is -0.287 e. The molecule has 0 amide bonds. The summed E-state index contributed by atoms with van der Waals surface area (Å²) in [6, 6.07) is 17.8. The van der Waals surface area contributed by atoms with E-state index in [0.29, 0.717) is 11.3 Å². The highest BCUT2D eigenvalue weighted by Gasteiger charge is 2.16. The third kappa shape index (κ3) is 3.53. The van der Waals surface area contributed by atoms with Crippen LogP contribution in [0.15, 0.2) is 54.6 Å². The summed E-state index contributed by atoms with van der Waals surface area (Å²) in [5, 5.41) is 1.12. The Hall–Kier alpha value is -2.48. The van der Waals surface area contributed by atoms with Crippen LogP contribution in [0, 0.1) is 6.92 Å². The van der Waals surface area contributed by atoms with Gasteiger partial charge in [0.25, 0.3) is 0 Å². The molecular weight excluding hydrogens is 294 g/mol. The largest absolute Gasteiger partial charge is 0.287 e. The van der Waals surface area contributed by atoms with Gasteiger partial charge in [-0.1, -0.05) is 61.7 Å². The molecule has 2 heteroatoms. The predicted octanol–water partition coefficient (Wildman–Crippen LogP) is 5.51. The molecule has 0 aliphatic heterocycles. The van der Waals surface area contributed by atoms with Crippen molar-refractivity contribution in [1.82, 2.24) is 4.98 Å². The Labute approximate surface area is 143 Å². The molecule has 0 aliphatic rings. The molecule has 3 aromatic rings. The molecule has 0 aliphatic carbocycles. The average molecular weight is 317 g/mol. The van der Waals surface area contributed by atoms with Crippen LogP contribution in [0.3, 0.4) is 0 Å². The molecule has 2 aromatic carbocycles. The van der Waals surface area contributed by atoms with Crippen molar-refractivity contribution in [3.63, 3.8) is 0 Å². The van der Waals surface area contributed by atoms with Crippen molar-refractivity contribution in [1.29, 1.82) is 0 Å². The minimum absolute atomic E-state index is 0.0181. The average Bonchev–Trinajstić information content (AvgIpc) is 2.61. The molecule has 0 bridgehead atoms. The van der Waals surface area contributed by atoms with E-state index in [0.717, 1.165) is 29.3 Å². The maximum atomic E-state index is 12.9. The lowest BCUT2D eigenvalue weighted by molar-refractivity contribution is 0.103. The third-order valence-electron chi connectivity index (χ3n) is 4.35. The van der Waals surface area contributed by atoms with E-state index >= 15 is 0 Å². The molecule has 24 heavy (non-hydrogen) atoms. The molecule has 0 unspecified atom stereocenters. The molecular formula is C22H23NO. The van der Waals surface area contributed by atoms with Crippen LogP contribution in [-0.2, 0) is 6.42 Å². The van der Waals surface area contributed by atoms with Crippen LogP contribution in [0.4, 0.5) is 0 Å². The molecule has 1 heterocycles. The topological polar surface area (TPSA) is 30.0 Å². The minimum atomic E-state index is 0.0181. The summed E-state index contributed by atoms with van der Waals surface area (Å²) < 4.78 is 0. The van der Waals surface area contributed by atoms with Crippen molar-refractivity contribution in [2.45, 2.75) is 39.5 Å². The van der Waals surface area contributed by atoms with Gasteiger partial charge in [-0.05, 0) is 43.5 Å². The maximum Gasteiger partial charge on any atom is 0.211 e. The fourth-order valence-electron chi connectivity index (χ4n) is 3.02. The van der Waals surface area contributed by atoms with Crippen LogP contribution in [-0.4, -0.2) is 10.8 Å². The molecule has 0 saturated heterocycles. The Bertz CT molecular complexity index is 852. The summed E-state index contributed by atoms with van der Waals surface area (Å²) in [5.41, 5.74) is 4.47. The van der Waals surface area contributed by atoms with E-state index < -0.39 is 0 Å². The number of hydrogen-bond donors (Lipinski definition) is 0. The zero-order chi connectivity index (χ0) is 16.9. The van der Waals surface area contributed by atoms with Gasteiger partial charge in [-0.15, -0.1) is 0 Å². The van der Waals surface area contributed by atoms with Crippen LogP contribution in [0.2, 0.25) is 0 Å². The molecule has 0 spiro atoms. The van der Waals surface area contributed by atoms with Gasteiger partial charge in [0.05, 0.1) is 5.52 Å². The van der Waals surface area contributed by atoms with E-state index in [9.17, 15) is 4.79 Å². The Morgan fingerprint density at radius 1 is 1.00 bits per heavy atom. The van der Waals surface area contributed by atoms with E-state index in [4.69, 9.17) is 4.98 Å². The first-order valence-electron chi connectivity index (χ1n) is 8.69. The fraction of sp³-hybridized carbons (Fsp3) is 0.273. The van der Waals surface area contributed by atoms with Crippen molar-refractivity contribution in [3.8, 4) is 0 Å². The summed E-state index contributed by atoms with van der Waals surface area (Å²) in [6.45, 7) is 4.28. The Kier molecular flexibility index (Phi) is 5.05. The number of aromatic nitrogens is 1. The first-order chi connectivity index (χ1) is 11.7. The lowest BCUT2D eigenvalue weighted by Crippen LogP contribution is -2.09. The Morgan fingerprint density at radius 2 is 1.79 bits per heavy atom. The number of aryl methyl sites for hydroxylation is 2. The number of rotatable bonds is 6. The zero-order valence-corrected chi connectivity index (χ0v) is 14.4. The molecule has 0 saturated carbocycles. The number of hydrogen-bond acceptors (Lipinski definition) is 2. The molecule has 0 radical (unpaired) electrons. The van der Waals surface area contributed by atoms with Gasteiger partial charge in [-0.2, -0.15) is 0 Å². The van der Waals surface area contributed by atoms with Crippen molar-refractivity contribution in [2.24, 2.45) is 0 Å². The van der Waals surface area contributed by atoms with Gasteiger partial charge in [-0.3, -0.25) is 4.79 Å². The second-order valence-electron chi connectivity index (χ2n) is 6.34. The van der Waals surface area contributed by atoms with Crippen LogP contribution >= 0.6 is 0 Å². The zero-order valence-electron chi connectivity index (χ0n) is 14.4. The molecule has 122 valence electrons. The number of carbonyl (C=O) groups excluding carboxylic acids is 1. The van der Waals surface area contributed by atoms with E-state index in [-0.39, 0.29) is 5.78 Å². The fourth-order valence-corrected chi connectivity index (χ4v) is 3.02. The molecule has 0 atom stereocenters. The predicted molar refractivity (Wildman–Crippen MR) is 99.6 cm³/mol. The molecule has 3 rings (SSSR count). The van der Waals surface area contributed by atoms with Gasteiger partial charge >= 0.3 is 0 Å². The number of pyridine rings is 1. The lowest BCUT2D eigenvalue weighted by atomic mass is 9.97. The highest BCUT2D eigenvalue weighted by Crippen LogP contribution is 2.22. The first-order valence-corrected chi connectivity index (χ1v) is 8.69. The Balaban J connectivity index is 2.07. The maximum absolute atomic E-state index is 12.9. The first kappa shape index (κ1) is 16.4. The lowest BCUT2D eigenvalue weighted by Gasteiger charge is -2.11. The van der Waals surface area contributed by atoms with Crippen molar-refractivity contribution in [3.05, 3.63) is 77.0 Å². The Morgan fingerprint density at radius 3 is 2.54 bits per heavy atom. The molecule has 0 N–H and O–H groups in total. The number of carbonyl (C=O) groups is 1. The standard InChI is InChI=1S/C22H23NO/c1-3-4-6-11-18-15-19-14-16(2)12-13-20(19)23-21(18)22(24)17-9-7-5-8-10-17/h5,7-10,12-15H,3-4,6,11H2,1-2H3. The highest BCUT2D eigenvalue weighted by molar-refractivity contribution is 6.09. The van der Waals surface area contributed by atoms with Gasteiger partial charge in [0.2, 0.25) is 5.78 Å². The van der Waals surface area contributed by atoms with Gasteiger partial charge < -0.3 is 0 Å². The number of benzene rings is 2. The smallest absolute Gasteiger partial charge is 0.211 e. The second-order valence-corrected chi connectivity index (χ2v) is 6.34. The normalized spacial score (nSPS) is 10.9. The summed E-state index contributed by atoms with van der Waals surface area (Å²) in [5.74, 6) is 0.0181. The monoisotopic (exact) mass is 317 g/mol. The summed E-state index contributed by atoms with van der Waals surface area (Å²) in [7, 11) is 0. The third-order valence-corrected chi connectivity index (χ3v) is 4.35. The second kappa shape index (κ2) is 7.39. The molecule has 0 fully saturated rings. The van der Waals surface area contributed by atoms with Crippen molar-refractivity contribution >= 4 is 16.7 Å². The van der Waals surface area contributed by atoms with Gasteiger partial charge in [-0.25, -0.2) is 4.98 Å². The summed E-state index contributed by atoms with van der Waals surface area (Å²) in [4.78, 5) is 17.7. The van der Waals surface area contributed by atoms with Crippen LogP contribution in [0.1, 0.15) is 53.4 Å². The van der Waals surface area contributed by atoms with Gasteiger partial charge in [0.1, 0.15) is 5.69 Å². The van der Waals surface area contributed by atoms with E-state index in [2.05, 4.69) is 26.0 Å².